The fraction of sp³-hybridized carbons (Fsp3) is 0.350. The molecule has 0 aliphatic rings. The van der Waals surface area contributed by atoms with E-state index in [1.165, 1.54) is 12.1 Å². The molecule has 8 heteroatoms. The van der Waals surface area contributed by atoms with Gasteiger partial charge >= 0.3 is 0 Å². The Morgan fingerprint density at radius 2 is 1.86 bits per heavy atom. The van der Waals surface area contributed by atoms with E-state index in [1.54, 1.807) is 27.2 Å². The Morgan fingerprint density at radius 1 is 1.14 bits per heavy atom. The second kappa shape index (κ2) is 9.70. The van der Waals surface area contributed by atoms with Crippen LogP contribution in [-0.2, 0) is 11.2 Å². The van der Waals surface area contributed by atoms with Gasteiger partial charge in [0.15, 0.2) is 11.5 Å². The molecular weight excluding hydrogens is 362 g/mol. The normalized spacial score (nSPS) is 10.6. The van der Waals surface area contributed by atoms with Crippen molar-refractivity contribution in [2.24, 2.45) is 0 Å². The molecule has 0 bridgehead atoms. The molecule has 0 atom stereocenters. The molecule has 150 valence electrons. The maximum absolute atomic E-state index is 12.3. The lowest BCUT2D eigenvalue weighted by molar-refractivity contribution is -0.384. The maximum Gasteiger partial charge on any atom is 0.269 e. The minimum absolute atomic E-state index is 0.00235. The monoisotopic (exact) mass is 387 g/mol. The first kappa shape index (κ1) is 21.2. The van der Waals surface area contributed by atoms with E-state index in [2.05, 4.69) is 5.32 Å². The van der Waals surface area contributed by atoms with Gasteiger partial charge in [-0.3, -0.25) is 19.8 Å². The van der Waals surface area contributed by atoms with Crippen LogP contribution in [0.5, 0.6) is 11.5 Å². The Labute approximate surface area is 164 Å². The number of carbonyl (C=O) groups is 1. The number of nitrogens with one attached hydrogen (secondary N) is 1. The number of ether oxygens (including phenoxy) is 2. The van der Waals surface area contributed by atoms with Gasteiger partial charge in [-0.1, -0.05) is 6.07 Å². The van der Waals surface area contributed by atoms with Gasteiger partial charge in [0.05, 0.1) is 25.7 Å². The molecule has 0 spiro atoms. The quantitative estimate of drug-likeness (QED) is 0.525. The van der Waals surface area contributed by atoms with Crippen molar-refractivity contribution in [3.8, 4) is 11.5 Å². The van der Waals surface area contributed by atoms with E-state index in [1.807, 2.05) is 30.1 Å². The average Bonchev–Trinajstić information content (AvgIpc) is 2.67. The van der Waals surface area contributed by atoms with Crippen LogP contribution in [0.1, 0.15) is 11.1 Å². The topological polar surface area (TPSA) is 93.9 Å². The van der Waals surface area contributed by atoms with Crippen LogP contribution >= 0.6 is 0 Å². The number of hydrogen-bond acceptors (Lipinski definition) is 6. The van der Waals surface area contributed by atoms with Crippen LogP contribution < -0.4 is 14.8 Å². The molecule has 28 heavy (non-hydrogen) atoms. The summed E-state index contributed by atoms with van der Waals surface area (Å²) in [7, 11) is 5.05. The number of nitrogens with zero attached hydrogens (tertiary/aromatic N) is 2. The molecule has 2 aromatic rings. The van der Waals surface area contributed by atoms with Crippen LogP contribution in [0.15, 0.2) is 36.4 Å². The number of rotatable bonds is 9. The first-order chi connectivity index (χ1) is 13.3. The number of anilines is 1. The van der Waals surface area contributed by atoms with E-state index < -0.39 is 4.92 Å². The van der Waals surface area contributed by atoms with Crippen LogP contribution in [0, 0.1) is 17.0 Å². The predicted octanol–water partition coefficient (Wildman–Crippen LogP) is 3.03. The maximum atomic E-state index is 12.3. The Bertz CT molecular complexity index is 854. The summed E-state index contributed by atoms with van der Waals surface area (Å²) in [6.45, 7) is 2.62. The number of hydrogen-bond donors (Lipinski definition) is 1. The number of nitro groups is 1. The summed E-state index contributed by atoms with van der Waals surface area (Å²) in [5, 5.41) is 13.6. The molecule has 2 rings (SSSR count). The van der Waals surface area contributed by atoms with E-state index in [4.69, 9.17) is 9.47 Å². The fourth-order valence-electron chi connectivity index (χ4n) is 2.77. The number of non-ortho nitro benzene ring substituents is 1. The van der Waals surface area contributed by atoms with E-state index >= 15 is 0 Å². The third kappa shape index (κ3) is 5.68. The standard InChI is InChI=1S/C20H25N3O5/c1-14-11-16(23(25)26)6-7-17(14)21-20(24)13-22(2)10-9-15-5-8-18(27-3)19(12-15)28-4/h5-8,11-12H,9-10,13H2,1-4H3,(H,21,24). The van der Waals surface area contributed by atoms with Gasteiger partial charge in [-0.15, -0.1) is 0 Å². The molecule has 0 saturated heterocycles. The summed E-state index contributed by atoms with van der Waals surface area (Å²) in [5.74, 6) is 1.18. The average molecular weight is 387 g/mol. The Balaban J connectivity index is 1.88. The lowest BCUT2D eigenvalue weighted by atomic mass is 10.1. The van der Waals surface area contributed by atoms with Gasteiger partial charge in [0, 0.05) is 24.4 Å². The van der Waals surface area contributed by atoms with Gasteiger partial charge in [-0.25, -0.2) is 0 Å². The molecule has 0 aromatic heterocycles. The molecule has 0 fully saturated rings. The van der Waals surface area contributed by atoms with E-state index in [-0.39, 0.29) is 18.1 Å². The predicted molar refractivity (Wildman–Crippen MR) is 107 cm³/mol. The van der Waals surface area contributed by atoms with Crippen molar-refractivity contribution in [3.63, 3.8) is 0 Å². The molecule has 1 amide bonds. The van der Waals surface area contributed by atoms with Crippen molar-refractivity contribution in [2.45, 2.75) is 13.3 Å². The molecule has 0 aliphatic heterocycles. The molecular formula is C20H25N3O5. The highest BCUT2D eigenvalue weighted by Crippen LogP contribution is 2.27. The molecule has 0 heterocycles. The molecule has 0 saturated carbocycles. The summed E-state index contributed by atoms with van der Waals surface area (Å²) >= 11 is 0. The van der Waals surface area contributed by atoms with Crippen molar-refractivity contribution in [3.05, 3.63) is 57.6 Å². The third-order valence-corrected chi connectivity index (χ3v) is 4.34. The lowest BCUT2D eigenvalue weighted by Crippen LogP contribution is -2.31. The number of likely N-dealkylation sites (N-methyl/N-ethyl adjacent to an activating group) is 1. The van der Waals surface area contributed by atoms with Crippen molar-refractivity contribution >= 4 is 17.3 Å². The molecule has 8 nitrogen and oxygen atoms in total. The molecule has 0 radical (unpaired) electrons. The fourth-order valence-corrected chi connectivity index (χ4v) is 2.77. The number of amides is 1. The minimum atomic E-state index is -0.458. The highest BCUT2D eigenvalue weighted by molar-refractivity contribution is 5.93. The molecule has 2 aromatic carbocycles. The zero-order valence-electron chi connectivity index (χ0n) is 16.5. The van der Waals surface area contributed by atoms with Gasteiger partial charge in [0.1, 0.15) is 0 Å². The summed E-state index contributed by atoms with van der Waals surface area (Å²) in [6, 6.07) is 10.1. The van der Waals surface area contributed by atoms with Crippen LogP contribution in [0.2, 0.25) is 0 Å². The van der Waals surface area contributed by atoms with Crippen molar-refractivity contribution < 1.29 is 19.2 Å². The van der Waals surface area contributed by atoms with Crippen LogP contribution in [0.25, 0.3) is 0 Å². The first-order valence-electron chi connectivity index (χ1n) is 8.78. The van der Waals surface area contributed by atoms with Crippen molar-refractivity contribution in [1.82, 2.24) is 4.90 Å². The summed E-state index contributed by atoms with van der Waals surface area (Å²) in [6.07, 6.45) is 0.751. The van der Waals surface area contributed by atoms with Gasteiger partial charge in [-0.2, -0.15) is 0 Å². The first-order valence-corrected chi connectivity index (χ1v) is 8.78. The number of methoxy groups -OCH3 is 2. The Kier molecular flexibility index (Phi) is 7.34. The Hall–Kier alpha value is -3.13. The lowest BCUT2D eigenvalue weighted by Gasteiger charge is -2.17. The van der Waals surface area contributed by atoms with Crippen LogP contribution in [0.4, 0.5) is 11.4 Å². The van der Waals surface area contributed by atoms with Gasteiger partial charge in [0.25, 0.3) is 5.69 Å². The second-order valence-electron chi connectivity index (χ2n) is 6.48. The number of carbonyl (C=O) groups excluding carboxylic acids is 1. The smallest absolute Gasteiger partial charge is 0.269 e. The van der Waals surface area contributed by atoms with E-state index in [9.17, 15) is 14.9 Å². The third-order valence-electron chi connectivity index (χ3n) is 4.34. The highest BCUT2D eigenvalue weighted by atomic mass is 16.6. The van der Waals surface area contributed by atoms with Crippen LogP contribution in [0.3, 0.4) is 0 Å². The summed E-state index contributed by atoms with van der Waals surface area (Å²) in [4.78, 5) is 24.5. The van der Waals surface area contributed by atoms with E-state index in [0.29, 0.717) is 29.3 Å². The minimum Gasteiger partial charge on any atom is -0.493 e. The SMILES string of the molecule is COc1ccc(CCN(C)CC(=O)Nc2ccc([N+](=O)[O-])cc2C)cc1OC. The van der Waals surface area contributed by atoms with Gasteiger partial charge in [0.2, 0.25) is 5.91 Å². The molecule has 1 N–H and O–H groups in total. The summed E-state index contributed by atoms with van der Waals surface area (Å²) in [5.41, 5.74) is 2.30. The number of aryl methyl sites for hydroxylation is 1. The Morgan fingerprint density at radius 3 is 2.46 bits per heavy atom. The van der Waals surface area contributed by atoms with Crippen LogP contribution in [-0.4, -0.2) is 50.1 Å². The molecule has 0 aliphatic carbocycles. The molecule has 0 unspecified atom stereocenters. The van der Waals surface area contributed by atoms with E-state index in [0.717, 1.165) is 12.0 Å². The largest absolute Gasteiger partial charge is 0.493 e. The number of benzene rings is 2. The zero-order valence-corrected chi connectivity index (χ0v) is 16.5. The van der Waals surface area contributed by atoms with Crippen molar-refractivity contribution in [1.29, 1.82) is 0 Å². The second-order valence-corrected chi connectivity index (χ2v) is 6.48. The van der Waals surface area contributed by atoms with Crippen molar-refractivity contribution in [2.75, 3.05) is 39.7 Å². The summed E-state index contributed by atoms with van der Waals surface area (Å²) < 4.78 is 10.5. The van der Waals surface area contributed by atoms with Gasteiger partial charge in [-0.05, 0) is 49.7 Å². The number of nitro benzene ring substituents is 1. The zero-order chi connectivity index (χ0) is 20.7. The highest BCUT2D eigenvalue weighted by Gasteiger charge is 2.12. The van der Waals surface area contributed by atoms with Gasteiger partial charge < -0.3 is 14.8 Å².